The molecule has 0 saturated carbocycles. The molecule has 2 aliphatic rings. The van der Waals surface area contributed by atoms with Gasteiger partial charge in [-0.1, -0.05) is 13.0 Å². The lowest BCUT2D eigenvalue weighted by Crippen LogP contribution is -2.60. The van der Waals surface area contributed by atoms with Gasteiger partial charge in [-0.25, -0.2) is 4.79 Å². The first-order valence-corrected chi connectivity index (χ1v) is 8.43. The van der Waals surface area contributed by atoms with E-state index in [0.717, 1.165) is 43.9 Å². The molecule has 1 unspecified atom stereocenters. The van der Waals surface area contributed by atoms with Crippen LogP contribution < -0.4 is 4.74 Å². The number of rotatable bonds is 6. The van der Waals surface area contributed by atoms with Crippen molar-refractivity contribution in [1.82, 2.24) is 9.80 Å². The van der Waals surface area contributed by atoms with Crippen LogP contribution in [0.4, 0.5) is 4.79 Å². The van der Waals surface area contributed by atoms with Crippen molar-refractivity contribution < 1.29 is 19.0 Å². The molecule has 1 atom stereocenters. The molecule has 3 rings (SSSR count). The number of carbonyl (C=O) groups excluding carboxylic acids is 1. The number of ether oxygens (including phenoxy) is 3. The zero-order valence-corrected chi connectivity index (χ0v) is 14.7. The van der Waals surface area contributed by atoms with Crippen molar-refractivity contribution in [3.8, 4) is 5.75 Å². The molecular weight excluding hydrogens is 308 g/mol. The van der Waals surface area contributed by atoms with E-state index in [2.05, 4.69) is 24.0 Å². The second-order valence-corrected chi connectivity index (χ2v) is 6.57. The molecule has 0 bridgehead atoms. The maximum Gasteiger partial charge on any atom is 0.410 e. The van der Waals surface area contributed by atoms with Crippen molar-refractivity contribution in [1.29, 1.82) is 0 Å². The van der Waals surface area contributed by atoms with E-state index >= 15 is 0 Å². The minimum Gasteiger partial charge on any atom is -0.496 e. The molecule has 1 aromatic carbocycles. The summed E-state index contributed by atoms with van der Waals surface area (Å²) in [5.74, 6) is 0.852. The number of cyclic esters (lactones) is 1. The standard InChI is InChI=1S/C18H26N2O4/c1-4-18-12-19(7-8-20(18)17(21)24-13-18)10-14-5-6-16(23-3)15(9-14)11-22-2/h5-6,9H,4,7-8,10-13H2,1-3H3. The van der Waals surface area contributed by atoms with Gasteiger partial charge >= 0.3 is 6.09 Å². The molecule has 1 aromatic rings. The molecule has 2 saturated heterocycles. The van der Waals surface area contributed by atoms with Crippen LogP contribution in [0.2, 0.25) is 0 Å². The largest absolute Gasteiger partial charge is 0.496 e. The Morgan fingerprint density at radius 1 is 1.29 bits per heavy atom. The maximum atomic E-state index is 11.9. The lowest BCUT2D eigenvalue weighted by molar-refractivity contribution is 0.0449. The Bertz CT molecular complexity index is 607. The summed E-state index contributed by atoms with van der Waals surface area (Å²) in [6.07, 6.45) is 0.746. The number of fused-ring (bicyclic) bond motifs is 1. The molecule has 2 aliphatic heterocycles. The average molecular weight is 334 g/mol. The molecule has 132 valence electrons. The fraction of sp³-hybridized carbons (Fsp3) is 0.611. The average Bonchev–Trinajstić information content (AvgIpc) is 2.93. The van der Waals surface area contributed by atoms with Crippen LogP contribution in [0.3, 0.4) is 0 Å². The first-order chi connectivity index (χ1) is 11.6. The van der Waals surface area contributed by atoms with Gasteiger partial charge in [-0.05, 0) is 24.1 Å². The van der Waals surface area contributed by atoms with Crippen molar-refractivity contribution in [2.24, 2.45) is 0 Å². The zero-order chi connectivity index (χ0) is 17.2. The summed E-state index contributed by atoms with van der Waals surface area (Å²) < 4.78 is 16.0. The summed E-state index contributed by atoms with van der Waals surface area (Å²) in [7, 11) is 3.36. The zero-order valence-electron chi connectivity index (χ0n) is 14.7. The van der Waals surface area contributed by atoms with Crippen LogP contribution in [0.1, 0.15) is 24.5 Å². The van der Waals surface area contributed by atoms with Crippen LogP contribution in [0.25, 0.3) is 0 Å². The number of hydrogen-bond acceptors (Lipinski definition) is 5. The first kappa shape index (κ1) is 17.0. The molecule has 24 heavy (non-hydrogen) atoms. The first-order valence-electron chi connectivity index (χ1n) is 8.43. The van der Waals surface area contributed by atoms with E-state index in [1.165, 1.54) is 5.56 Å². The van der Waals surface area contributed by atoms with Crippen molar-refractivity contribution in [2.75, 3.05) is 40.5 Å². The van der Waals surface area contributed by atoms with Gasteiger partial charge in [0.25, 0.3) is 0 Å². The second-order valence-electron chi connectivity index (χ2n) is 6.57. The van der Waals surface area contributed by atoms with Gasteiger partial charge in [0.2, 0.25) is 0 Å². The van der Waals surface area contributed by atoms with Crippen molar-refractivity contribution in [2.45, 2.75) is 32.0 Å². The monoisotopic (exact) mass is 334 g/mol. The highest BCUT2D eigenvalue weighted by atomic mass is 16.6. The number of benzene rings is 1. The number of carbonyl (C=O) groups is 1. The summed E-state index contributed by atoms with van der Waals surface area (Å²) >= 11 is 0. The van der Waals surface area contributed by atoms with E-state index in [0.29, 0.717) is 13.2 Å². The van der Waals surface area contributed by atoms with E-state index in [1.807, 2.05) is 11.0 Å². The van der Waals surface area contributed by atoms with E-state index in [1.54, 1.807) is 14.2 Å². The quantitative estimate of drug-likeness (QED) is 0.799. The summed E-state index contributed by atoms with van der Waals surface area (Å²) in [6, 6.07) is 6.24. The predicted molar refractivity (Wildman–Crippen MR) is 90.1 cm³/mol. The molecule has 2 fully saturated rings. The Hall–Kier alpha value is -1.79. The smallest absolute Gasteiger partial charge is 0.410 e. The lowest BCUT2D eigenvalue weighted by atomic mass is 9.92. The maximum absolute atomic E-state index is 11.9. The van der Waals surface area contributed by atoms with Crippen LogP contribution in [0.5, 0.6) is 5.75 Å². The summed E-state index contributed by atoms with van der Waals surface area (Å²) in [6.45, 7) is 6.45. The SMILES string of the molecule is CCC12COC(=O)N1CCN(Cc1ccc(OC)c(COC)c1)C2. The third-order valence-electron chi connectivity index (χ3n) is 5.12. The van der Waals surface area contributed by atoms with E-state index < -0.39 is 0 Å². The van der Waals surface area contributed by atoms with Gasteiger partial charge in [-0.3, -0.25) is 9.80 Å². The number of methoxy groups -OCH3 is 2. The van der Waals surface area contributed by atoms with Crippen LogP contribution in [-0.2, 0) is 22.6 Å². The second kappa shape index (κ2) is 6.99. The predicted octanol–water partition coefficient (Wildman–Crippen LogP) is 2.26. The Kier molecular flexibility index (Phi) is 4.96. The van der Waals surface area contributed by atoms with E-state index in [4.69, 9.17) is 14.2 Å². The van der Waals surface area contributed by atoms with Crippen molar-refractivity contribution in [3.05, 3.63) is 29.3 Å². The summed E-state index contributed by atoms with van der Waals surface area (Å²) in [4.78, 5) is 16.2. The molecule has 0 N–H and O–H groups in total. The van der Waals surface area contributed by atoms with Crippen molar-refractivity contribution >= 4 is 6.09 Å². The van der Waals surface area contributed by atoms with Gasteiger partial charge in [-0.15, -0.1) is 0 Å². The van der Waals surface area contributed by atoms with Crippen LogP contribution in [0, 0.1) is 0 Å². The molecule has 6 nitrogen and oxygen atoms in total. The lowest BCUT2D eigenvalue weighted by Gasteiger charge is -2.44. The van der Waals surface area contributed by atoms with Gasteiger partial charge in [0, 0.05) is 38.9 Å². The third kappa shape index (κ3) is 3.08. The minimum absolute atomic E-state index is 0.164. The topological polar surface area (TPSA) is 51.2 Å². The molecule has 2 heterocycles. The highest BCUT2D eigenvalue weighted by molar-refractivity contribution is 5.71. The number of piperazine rings is 1. The fourth-order valence-corrected chi connectivity index (χ4v) is 3.74. The number of hydrogen-bond donors (Lipinski definition) is 0. The third-order valence-corrected chi connectivity index (χ3v) is 5.12. The fourth-order valence-electron chi connectivity index (χ4n) is 3.74. The Labute approximate surface area is 143 Å². The van der Waals surface area contributed by atoms with Crippen LogP contribution in [-0.4, -0.2) is 61.9 Å². The van der Waals surface area contributed by atoms with Crippen molar-refractivity contribution in [3.63, 3.8) is 0 Å². The van der Waals surface area contributed by atoms with Gasteiger partial charge < -0.3 is 14.2 Å². The summed E-state index contributed by atoms with van der Waals surface area (Å²) in [5.41, 5.74) is 2.12. The van der Waals surface area contributed by atoms with Gasteiger partial charge in [0.15, 0.2) is 0 Å². The van der Waals surface area contributed by atoms with Crippen LogP contribution >= 0.6 is 0 Å². The number of amides is 1. The molecule has 1 amide bonds. The molecular formula is C18H26N2O4. The van der Waals surface area contributed by atoms with Crippen LogP contribution in [0.15, 0.2) is 18.2 Å². The van der Waals surface area contributed by atoms with Gasteiger partial charge in [0.05, 0.1) is 19.3 Å². The molecule has 0 radical (unpaired) electrons. The van der Waals surface area contributed by atoms with Gasteiger partial charge in [-0.2, -0.15) is 0 Å². The molecule has 0 aliphatic carbocycles. The Morgan fingerprint density at radius 3 is 2.83 bits per heavy atom. The molecule has 6 heteroatoms. The minimum atomic E-state index is -0.169. The normalized spacial score (nSPS) is 24.0. The highest BCUT2D eigenvalue weighted by Gasteiger charge is 2.49. The molecule has 0 aromatic heterocycles. The summed E-state index contributed by atoms with van der Waals surface area (Å²) in [5, 5.41) is 0. The number of nitrogens with zero attached hydrogens (tertiary/aromatic N) is 2. The van der Waals surface area contributed by atoms with E-state index in [-0.39, 0.29) is 11.6 Å². The Morgan fingerprint density at radius 2 is 2.12 bits per heavy atom. The Balaban J connectivity index is 1.73. The molecule has 0 spiro atoms. The van der Waals surface area contributed by atoms with E-state index in [9.17, 15) is 4.79 Å². The highest BCUT2D eigenvalue weighted by Crippen LogP contribution is 2.32. The van der Waals surface area contributed by atoms with Gasteiger partial charge in [0.1, 0.15) is 12.4 Å².